The highest BCUT2D eigenvalue weighted by Crippen LogP contribution is 2.33. The number of fused-ring (bicyclic) bond motifs is 1. The van der Waals surface area contributed by atoms with Crippen LogP contribution in [0.4, 0.5) is 0 Å². The Morgan fingerprint density at radius 3 is 2.95 bits per heavy atom. The molecule has 0 aliphatic heterocycles. The highest BCUT2D eigenvalue weighted by atomic mass is 32.1. The molecule has 100 valence electrons. The molecule has 5 nitrogen and oxygen atoms in total. The zero-order valence-electron chi connectivity index (χ0n) is 11.1. The lowest BCUT2D eigenvalue weighted by Crippen LogP contribution is -1.96. The summed E-state index contributed by atoms with van der Waals surface area (Å²) in [4.78, 5) is 5.26. The summed E-state index contributed by atoms with van der Waals surface area (Å²) < 4.78 is 7.21. The quantitative estimate of drug-likeness (QED) is 0.741. The minimum atomic E-state index is 0.441. The van der Waals surface area contributed by atoms with Crippen molar-refractivity contribution < 1.29 is 4.74 Å². The summed E-state index contributed by atoms with van der Waals surface area (Å²) >= 11 is 1.47. The number of nitriles is 1. The number of ether oxygens (including phenoxy) is 1. The Kier molecular flexibility index (Phi) is 3.12. The molecule has 0 saturated carbocycles. The van der Waals surface area contributed by atoms with E-state index in [0.717, 1.165) is 21.3 Å². The first kappa shape index (κ1) is 12.6. The van der Waals surface area contributed by atoms with Crippen molar-refractivity contribution in [3.05, 3.63) is 35.0 Å². The molecule has 0 saturated heterocycles. The predicted molar refractivity (Wildman–Crippen MR) is 76.9 cm³/mol. The van der Waals surface area contributed by atoms with Gasteiger partial charge in [-0.15, -0.1) is 0 Å². The third-order valence-electron chi connectivity index (χ3n) is 2.85. The Hall–Kier alpha value is -2.39. The Balaban J connectivity index is 2.24. The number of imidazole rings is 1. The zero-order valence-corrected chi connectivity index (χ0v) is 11.9. The normalized spacial score (nSPS) is 10.7. The van der Waals surface area contributed by atoms with Gasteiger partial charge in [-0.1, -0.05) is 23.5 Å². The van der Waals surface area contributed by atoms with Crippen LogP contribution in [0, 0.1) is 18.3 Å². The Labute approximate surface area is 120 Å². The molecular weight excluding hydrogens is 272 g/mol. The fraction of sp³-hybridized carbons (Fsp3) is 0.214. The van der Waals surface area contributed by atoms with Crippen LogP contribution in [0.2, 0.25) is 0 Å². The number of hydrogen-bond donors (Lipinski definition) is 0. The van der Waals surface area contributed by atoms with Crippen molar-refractivity contribution >= 4 is 16.3 Å². The number of para-hydroxylation sites is 1. The second-order valence-corrected chi connectivity index (χ2v) is 5.33. The van der Waals surface area contributed by atoms with Gasteiger partial charge in [0.1, 0.15) is 22.5 Å². The van der Waals surface area contributed by atoms with Gasteiger partial charge in [0.25, 0.3) is 0 Å². The smallest absolute Gasteiger partial charge is 0.213 e. The van der Waals surface area contributed by atoms with Gasteiger partial charge in [0.05, 0.1) is 6.61 Å². The molecule has 0 atom stereocenters. The van der Waals surface area contributed by atoms with Crippen LogP contribution in [-0.4, -0.2) is 21.2 Å². The van der Waals surface area contributed by atoms with E-state index in [9.17, 15) is 5.26 Å². The SMILES string of the molecule is CCOc1ccccc1-c1nc2sc(C)nn2c1C#N. The number of aryl methyl sites for hydroxylation is 1. The number of nitrogens with zero attached hydrogens (tertiary/aromatic N) is 4. The molecule has 1 aromatic carbocycles. The van der Waals surface area contributed by atoms with Gasteiger partial charge in [0.2, 0.25) is 4.96 Å². The second kappa shape index (κ2) is 4.94. The van der Waals surface area contributed by atoms with E-state index in [1.54, 1.807) is 4.52 Å². The lowest BCUT2D eigenvalue weighted by Gasteiger charge is -2.07. The molecular formula is C14H12N4OS. The summed E-state index contributed by atoms with van der Waals surface area (Å²) in [5.74, 6) is 0.731. The van der Waals surface area contributed by atoms with Gasteiger partial charge in [-0.05, 0) is 26.0 Å². The van der Waals surface area contributed by atoms with Crippen molar-refractivity contribution in [2.75, 3.05) is 6.61 Å². The maximum Gasteiger partial charge on any atom is 0.213 e. The number of benzene rings is 1. The van der Waals surface area contributed by atoms with Gasteiger partial charge in [-0.2, -0.15) is 14.9 Å². The van der Waals surface area contributed by atoms with Gasteiger partial charge >= 0.3 is 0 Å². The number of hydrogen-bond acceptors (Lipinski definition) is 5. The first-order chi connectivity index (χ1) is 9.74. The summed E-state index contributed by atoms with van der Waals surface area (Å²) in [6.45, 7) is 4.39. The molecule has 0 unspecified atom stereocenters. The van der Waals surface area contributed by atoms with Crippen molar-refractivity contribution in [2.24, 2.45) is 0 Å². The predicted octanol–water partition coefficient (Wildman–Crippen LogP) is 3.04. The van der Waals surface area contributed by atoms with E-state index in [2.05, 4.69) is 16.2 Å². The lowest BCUT2D eigenvalue weighted by molar-refractivity contribution is 0.341. The molecule has 3 aromatic rings. The first-order valence-corrected chi connectivity index (χ1v) is 7.04. The lowest BCUT2D eigenvalue weighted by atomic mass is 10.1. The van der Waals surface area contributed by atoms with Crippen LogP contribution in [-0.2, 0) is 0 Å². The maximum absolute atomic E-state index is 9.41. The summed E-state index contributed by atoms with van der Waals surface area (Å²) in [5, 5.41) is 14.6. The Morgan fingerprint density at radius 1 is 1.40 bits per heavy atom. The molecule has 0 spiro atoms. The Bertz CT molecular complexity index is 812. The minimum Gasteiger partial charge on any atom is -0.493 e. The van der Waals surface area contributed by atoms with Crippen molar-refractivity contribution in [1.29, 1.82) is 5.26 Å². The first-order valence-electron chi connectivity index (χ1n) is 6.23. The molecule has 20 heavy (non-hydrogen) atoms. The van der Waals surface area contributed by atoms with Crippen LogP contribution < -0.4 is 4.74 Å². The number of rotatable bonds is 3. The third-order valence-corrected chi connectivity index (χ3v) is 3.68. The molecule has 0 aliphatic carbocycles. The molecule has 0 bridgehead atoms. The van der Waals surface area contributed by atoms with E-state index >= 15 is 0 Å². The van der Waals surface area contributed by atoms with Crippen LogP contribution in [0.5, 0.6) is 5.75 Å². The molecule has 0 aliphatic rings. The molecule has 2 heterocycles. The molecule has 0 fully saturated rings. The van der Waals surface area contributed by atoms with Crippen LogP contribution >= 0.6 is 11.3 Å². The average Bonchev–Trinajstić information content (AvgIpc) is 2.95. The van der Waals surface area contributed by atoms with Crippen LogP contribution in [0.25, 0.3) is 16.2 Å². The van der Waals surface area contributed by atoms with Gasteiger partial charge in [-0.3, -0.25) is 0 Å². The fourth-order valence-electron chi connectivity index (χ4n) is 2.08. The largest absolute Gasteiger partial charge is 0.493 e. The van der Waals surface area contributed by atoms with Crippen LogP contribution in [0.15, 0.2) is 24.3 Å². The van der Waals surface area contributed by atoms with Gasteiger partial charge in [0, 0.05) is 5.56 Å². The zero-order chi connectivity index (χ0) is 14.1. The van der Waals surface area contributed by atoms with Crippen molar-refractivity contribution in [3.63, 3.8) is 0 Å². The fourth-order valence-corrected chi connectivity index (χ4v) is 2.82. The van der Waals surface area contributed by atoms with E-state index < -0.39 is 0 Å². The van der Waals surface area contributed by atoms with Gasteiger partial charge in [0.15, 0.2) is 5.69 Å². The van der Waals surface area contributed by atoms with Crippen LogP contribution in [0.1, 0.15) is 17.6 Å². The van der Waals surface area contributed by atoms with E-state index in [1.807, 2.05) is 38.1 Å². The highest BCUT2D eigenvalue weighted by Gasteiger charge is 2.19. The molecule has 2 aromatic heterocycles. The summed E-state index contributed by atoms with van der Waals surface area (Å²) in [6.07, 6.45) is 0. The topological polar surface area (TPSA) is 63.2 Å². The van der Waals surface area contributed by atoms with Crippen molar-refractivity contribution in [2.45, 2.75) is 13.8 Å². The third kappa shape index (κ3) is 1.92. The molecule has 3 rings (SSSR count). The molecule has 0 N–H and O–H groups in total. The van der Waals surface area contributed by atoms with E-state index in [0.29, 0.717) is 18.0 Å². The van der Waals surface area contributed by atoms with E-state index in [-0.39, 0.29) is 0 Å². The number of aromatic nitrogens is 3. The maximum atomic E-state index is 9.41. The molecule has 0 radical (unpaired) electrons. The van der Waals surface area contributed by atoms with Crippen molar-refractivity contribution in [1.82, 2.24) is 14.6 Å². The van der Waals surface area contributed by atoms with Gasteiger partial charge in [-0.25, -0.2) is 4.98 Å². The van der Waals surface area contributed by atoms with E-state index in [4.69, 9.17) is 4.74 Å². The van der Waals surface area contributed by atoms with Crippen LogP contribution in [0.3, 0.4) is 0 Å². The average molecular weight is 284 g/mol. The monoisotopic (exact) mass is 284 g/mol. The standard InChI is InChI=1S/C14H12N4OS/c1-3-19-12-7-5-4-6-10(12)13-11(8-15)18-14(16-13)20-9(2)17-18/h4-7H,3H2,1-2H3. The van der Waals surface area contributed by atoms with Crippen molar-refractivity contribution in [3.8, 4) is 23.1 Å². The summed E-state index contributed by atoms with van der Waals surface area (Å²) in [6, 6.07) is 9.79. The Morgan fingerprint density at radius 2 is 2.20 bits per heavy atom. The van der Waals surface area contributed by atoms with E-state index in [1.165, 1.54) is 11.3 Å². The second-order valence-electron chi connectivity index (χ2n) is 4.17. The highest BCUT2D eigenvalue weighted by molar-refractivity contribution is 7.16. The summed E-state index contributed by atoms with van der Waals surface area (Å²) in [7, 11) is 0. The van der Waals surface area contributed by atoms with Gasteiger partial charge < -0.3 is 4.74 Å². The summed E-state index contributed by atoms with van der Waals surface area (Å²) in [5.41, 5.74) is 1.88. The molecule has 0 amide bonds. The minimum absolute atomic E-state index is 0.441. The molecule has 6 heteroatoms.